The van der Waals surface area contributed by atoms with Gasteiger partial charge in [0.25, 0.3) is 5.91 Å². The first-order valence-corrected chi connectivity index (χ1v) is 10.2. The number of benzene rings is 2. The van der Waals surface area contributed by atoms with Gasteiger partial charge in [-0.2, -0.15) is 0 Å². The second-order valence-corrected chi connectivity index (χ2v) is 8.19. The minimum Gasteiger partial charge on any atom is -0.372 e. The topological polar surface area (TPSA) is 92.5 Å². The van der Waals surface area contributed by atoms with Gasteiger partial charge in [0.05, 0.1) is 4.90 Å². The van der Waals surface area contributed by atoms with Gasteiger partial charge in [0, 0.05) is 30.0 Å². The molecule has 0 saturated carbocycles. The van der Waals surface area contributed by atoms with Crippen LogP contribution in [0.4, 0.5) is 11.4 Å². The molecule has 7 heteroatoms. The van der Waals surface area contributed by atoms with Gasteiger partial charge in [-0.05, 0) is 74.2 Å². The van der Waals surface area contributed by atoms with Gasteiger partial charge in [-0.25, -0.2) is 13.6 Å². The quantitative estimate of drug-likeness (QED) is 0.862. The minimum absolute atomic E-state index is 0.0666. The van der Waals surface area contributed by atoms with E-state index in [-0.39, 0.29) is 16.4 Å². The Bertz CT molecular complexity index is 902. The lowest BCUT2D eigenvalue weighted by Gasteiger charge is -2.28. The van der Waals surface area contributed by atoms with Crippen molar-refractivity contribution in [2.45, 2.75) is 31.1 Å². The molecule has 3 rings (SSSR count). The summed E-state index contributed by atoms with van der Waals surface area (Å²) in [6, 6.07) is 12.1. The number of nitrogens with one attached hydrogen (secondary N) is 1. The van der Waals surface area contributed by atoms with E-state index < -0.39 is 10.0 Å². The summed E-state index contributed by atoms with van der Waals surface area (Å²) in [5.41, 5.74) is 2.72. The number of aryl methyl sites for hydroxylation is 1. The molecule has 0 atom stereocenters. The van der Waals surface area contributed by atoms with Gasteiger partial charge < -0.3 is 10.2 Å². The highest BCUT2D eigenvalue weighted by molar-refractivity contribution is 7.89. The zero-order valence-corrected chi connectivity index (χ0v) is 15.6. The predicted molar refractivity (Wildman–Crippen MR) is 103 cm³/mol. The fourth-order valence-electron chi connectivity index (χ4n) is 3.15. The molecular weight excluding hydrogens is 350 g/mol. The molecule has 3 N–H and O–H groups in total. The molecule has 1 heterocycles. The highest BCUT2D eigenvalue weighted by Crippen LogP contribution is 2.22. The smallest absolute Gasteiger partial charge is 0.255 e. The SMILES string of the molecule is Cc1cc(C(=O)Nc2ccc(N3CCCCC3)cc2)cc(S(N)(=O)=O)c1. The van der Waals surface area contributed by atoms with Crippen LogP contribution in [-0.2, 0) is 10.0 Å². The van der Waals surface area contributed by atoms with Crippen LogP contribution in [-0.4, -0.2) is 27.4 Å². The predicted octanol–water partition coefficient (Wildman–Crippen LogP) is 2.89. The fourth-order valence-corrected chi connectivity index (χ4v) is 3.80. The Hall–Kier alpha value is -2.38. The summed E-state index contributed by atoms with van der Waals surface area (Å²) in [5.74, 6) is -0.371. The van der Waals surface area contributed by atoms with Gasteiger partial charge in [-0.3, -0.25) is 4.79 Å². The van der Waals surface area contributed by atoms with Crippen molar-refractivity contribution in [3.63, 3.8) is 0 Å². The van der Waals surface area contributed by atoms with Crippen LogP contribution >= 0.6 is 0 Å². The molecular formula is C19H23N3O3S. The van der Waals surface area contributed by atoms with E-state index in [1.54, 1.807) is 13.0 Å². The second-order valence-electron chi connectivity index (χ2n) is 6.63. The number of hydrogen-bond donors (Lipinski definition) is 2. The number of rotatable bonds is 4. The Balaban J connectivity index is 1.74. The summed E-state index contributed by atoms with van der Waals surface area (Å²) in [6.07, 6.45) is 3.69. The van der Waals surface area contributed by atoms with Crippen molar-refractivity contribution in [1.82, 2.24) is 0 Å². The molecule has 0 spiro atoms. The average Bonchev–Trinajstić information content (AvgIpc) is 2.62. The highest BCUT2D eigenvalue weighted by atomic mass is 32.2. The number of piperidine rings is 1. The largest absolute Gasteiger partial charge is 0.372 e. The number of amides is 1. The van der Waals surface area contributed by atoms with Gasteiger partial charge in [-0.1, -0.05) is 0 Å². The summed E-state index contributed by atoms with van der Waals surface area (Å²) in [6.45, 7) is 3.84. The lowest BCUT2D eigenvalue weighted by molar-refractivity contribution is 0.102. The Kier molecular flexibility index (Phi) is 5.29. The van der Waals surface area contributed by atoms with Crippen LogP contribution in [0.1, 0.15) is 35.2 Å². The van der Waals surface area contributed by atoms with E-state index in [9.17, 15) is 13.2 Å². The van der Waals surface area contributed by atoms with E-state index in [4.69, 9.17) is 5.14 Å². The van der Waals surface area contributed by atoms with Crippen molar-refractivity contribution in [2.75, 3.05) is 23.3 Å². The van der Waals surface area contributed by atoms with Crippen molar-refractivity contribution in [3.8, 4) is 0 Å². The zero-order valence-electron chi connectivity index (χ0n) is 14.7. The van der Waals surface area contributed by atoms with Crippen LogP contribution in [0.25, 0.3) is 0 Å². The molecule has 0 radical (unpaired) electrons. The molecule has 0 aliphatic carbocycles. The first-order chi connectivity index (χ1) is 12.3. The van der Waals surface area contributed by atoms with E-state index >= 15 is 0 Å². The van der Waals surface area contributed by atoms with Crippen LogP contribution in [0, 0.1) is 6.92 Å². The van der Waals surface area contributed by atoms with E-state index in [1.807, 2.05) is 24.3 Å². The van der Waals surface area contributed by atoms with Crippen molar-refractivity contribution in [1.29, 1.82) is 0 Å². The molecule has 0 bridgehead atoms. The van der Waals surface area contributed by atoms with Crippen LogP contribution in [0.5, 0.6) is 0 Å². The monoisotopic (exact) mass is 373 g/mol. The zero-order chi connectivity index (χ0) is 18.7. The molecule has 1 saturated heterocycles. The molecule has 1 amide bonds. The van der Waals surface area contributed by atoms with Crippen molar-refractivity contribution < 1.29 is 13.2 Å². The molecule has 1 aliphatic heterocycles. The first-order valence-electron chi connectivity index (χ1n) is 8.64. The number of nitrogens with zero attached hydrogens (tertiary/aromatic N) is 1. The summed E-state index contributed by atoms with van der Waals surface area (Å²) in [4.78, 5) is 14.7. The number of carbonyl (C=O) groups is 1. The summed E-state index contributed by atoms with van der Waals surface area (Å²) < 4.78 is 23.1. The van der Waals surface area contributed by atoms with Gasteiger partial charge >= 0.3 is 0 Å². The van der Waals surface area contributed by atoms with Crippen molar-refractivity contribution in [3.05, 3.63) is 53.6 Å². The van der Waals surface area contributed by atoms with Crippen molar-refractivity contribution in [2.24, 2.45) is 5.14 Å². The van der Waals surface area contributed by atoms with Gasteiger partial charge in [0.15, 0.2) is 0 Å². The summed E-state index contributed by atoms with van der Waals surface area (Å²) in [7, 11) is -3.86. The summed E-state index contributed by atoms with van der Waals surface area (Å²) in [5, 5.41) is 7.97. The lowest BCUT2D eigenvalue weighted by Crippen LogP contribution is -2.29. The molecule has 26 heavy (non-hydrogen) atoms. The Labute approximate surface area is 154 Å². The molecule has 0 aromatic heterocycles. The molecule has 138 valence electrons. The molecule has 2 aromatic rings. The number of carbonyl (C=O) groups excluding carboxylic acids is 1. The maximum absolute atomic E-state index is 12.5. The third-order valence-corrected chi connectivity index (χ3v) is 5.38. The first kappa shape index (κ1) is 18.4. The molecule has 1 fully saturated rings. The standard InChI is InChI=1S/C19H23N3O3S/c1-14-11-15(13-18(12-14)26(20,24)25)19(23)21-16-5-7-17(8-6-16)22-9-3-2-4-10-22/h5-8,11-13H,2-4,9-10H2,1H3,(H,21,23)(H2,20,24,25). The molecule has 2 aromatic carbocycles. The third kappa shape index (κ3) is 4.42. The molecule has 0 unspecified atom stereocenters. The van der Waals surface area contributed by atoms with Crippen LogP contribution in [0.2, 0.25) is 0 Å². The highest BCUT2D eigenvalue weighted by Gasteiger charge is 2.15. The second kappa shape index (κ2) is 7.47. The molecule has 6 nitrogen and oxygen atoms in total. The Morgan fingerprint density at radius 2 is 1.69 bits per heavy atom. The number of anilines is 2. The van der Waals surface area contributed by atoms with Gasteiger partial charge in [-0.15, -0.1) is 0 Å². The number of nitrogens with two attached hydrogens (primary N) is 1. The fraction of sp³-hybridized carbons (Fsp3) is 0.316. The molecule has 1 aliphatic rings. The van der Waals surface area contributed by atoms with E-state index in [2.05, 4.69) is 10.2 Å². The minimum atomic E-state index is -3.86. The maximum atomic E-state index is 12.5. The van der Waals surface area contributed by atoms with Crippen LogP contribution < -0.4 is 15.4 Å². The maximum Gasteiger partial charge on any atom is 0.255 e. The number of sulfonamides is 1. The van der Waals surface area contributed by atoms with Crippen molar-refractivity contribution >= 4 is 27.3 Å². The van der Waals surface area contributed by atoms with Gasteiger partial charge in [0.1, 0.15) is 0 Å². The average molecular weight is 373 g/mol. The lowest BCUT2D eigenvalue weighted by atomic mass is 10.1. The van der Waals surface area contributed by atoms with Crippen LogP contribution in [0.15, 0.2) is 47.4 Å². The normalized spacial score (nSPS) is 14.9. The van der Waals surface area contributed by atoms with E-state index in [1.165, 1.54) is 31.4 Å². The van der Waals surface area contributed by atoms with E-state index in [0.717, 1.165) is 18.8 Å². The number of primary sulfonamides is 1. The Morgan fingerprint density at radius 1 is 1.04 bits per heavy atom. The van der Waals surface area contributed by atoms with Crippen LogP contribution in [0.3, 0.4) is 0 Å². The Morgan fingerprint density at radius 3 is 2.31 bits per heavy atom. The van der Waals surface area contributed by atoms with E-state index in [0.29, 0.717) is 11.3 Å². The summed E-state index contributed by atoms with van der Waals surface area (Å²) >= 11 is 0. The third-order valence-electron chi connectivity index (χ3n) is 4.49. The number of hydrogen-bond acceptors (Lipinski definition) is 4. The van der Waals surface area contributed by atoms with Gasteiger partial charge in [0.2, 0.25) is 10.0 Å².